The molecule has 2 aromatic rings. The van der Waals surface area contributed by atoms with E-state index in [1.165, 1.54) is 5.56 Å². The zero-order valence-electron chi connectivity index (χ0n) is 15.2. The van der Waals surface area contributed by atoms with Gasteiger partial charge in [0.2, 0.25) is 0 Å². The number of aromatic nitrogens is 1. The number of carbonyl (C=O) groups excluding carboxylic acids is 2. The first-order valence-corrected chi connectivity index (χ1v) is 9.56. The highest BCUT2D eigenvalue weighted by molar-refractivity contribution is 6.03. The highest BCUT2D eigenvalue weighted by Crippen LogP contribution is 2.55. The highest BCUT2D eigenvalue weighted by Gasteiger charge is 2.58. The number of esters is 1. The van der Waals surface area contributed by atoms with Crippen LogP contribution in [0.1, 0.15) is 69.6 Å². The number of fused-ring (bicyclic) bond motifs is 5. The summed E-state index contributed by atoms with van der Waals surface area (Å²) in [6.07, 6.45) is -0.0955. The number of hydrogen-bond acceptors (Lipinski definition) is 5. The predicted octanol–water partition coefficient (Wildman–Crippen LogP) is 2.61. The maximum absolute atomic E-state index is 12.7. The molecule has 6 heteroatoms. The van der Waals surface area contributed by atoms with Crippen LogP contribution in [0, 0.1) is 0 Å². The number of aliphatic hydroxyl groups excluding tert-OH is 1. The first-order valence-electron chi connectivity index (χ1n) is 9.56. The van der Waals surface area contributed by atoms with Gasteiger partial charge in [-0.15, -0.1) is 0 Å². The molecule has 140 valence electrons. The molecular weight excluding hydrogens is 344 g/mol. The molecule has 0 amide bonds. The van der Waals surface area contributed by atoms with E-state index in [9.17, 15) is 14.7 Å². The molecule has 2 aliphatic heterocycles. The van der Waals surface area contributed by atoms with Gasteiger partial charge < -0.3 is 14.4 Å². The zero-order chi connectivity index (χ0) is 18.7. The highest BCUT2D eigenvalue weighted by atomic mass is 16.5. The minimum Gasteiger partial charge on any atom is -0.462 e. The van der Waals surface area contributed by atoms with Gasteiger partial charge in [0.15, 0.2) is 5.78 Å². The molecule has 1 aromatic heterocycles. The molecule has 0 radical (unpaired) electrons. The van der Waals surface area contributed by atoms with E-state index in [2.05, 4.69) is 17.0 Å². The monoisotopic (exact) mass is 366 g/mol. The molecule has 27 heavy (non-hydrogen) atoms. The van der Waals surface area contributed by atoms with E-state index in [0.29, 0.717) is 42.2 Å². The largest absolute Gasteiger partial charge is 0.462 e. The maximum atomic E-state index is 12.7. The molecule has 3 heterocycles. The molecule has 1 aliphatic carbocycles. The summed E-state index contributed by atoms with van der Waals surface area (Å²) in [4.78, 5) is 27.7. The number of nitrogens with zero attached hydrogens (tertiary/aromatic N) is 2. The third-order valence-electron chi connectivity index (χ3n) is 5.98. The Morgan fingerprint density at radius 2 is 2.07 bits per heavy atom. The van der Waals surface area contributed by atoms with Gasteiger partial charge in [-0.3, -0.25) is 9.69 Å². The molecule has 1 N–H and O–H groups in total. The maximum Gasteiger partial charge on any atom is 0.340 e. The van der Waals surface area contributed by atoms with E-state index >= 15 is 0 Å². The number of Topliss-reactive ketones (excluding diaryl/α,β-unsaturated/α-hetero) is 1. The summed E-state index contributed by atoms with van der Waals surface area (Å²) in [7, 11) is 0. The molecular formula is C21H22N2O4. The lowest BCUT2D eigenvalue weighted by atomic mass is 9.90. The van der Waals surface area contributed by atoms with Gasteiger partial charge in [0.1, 0.15) is 0 Å². The number of aliphatic hydroxyl groups is 1. The summed E-state index contributed by atoms with van der Waals surface area (Å²) in [6, 6.07) is 10.6. The van der Waals surface area contributed by atoms with Gasteiger partial charge in [-0.2, -0.15) is 0 Å². The topological polar surface area (TPSA) is 71.5 Å². The molecule has 0 spiro atoms. The number of ether oxygens (including phenoxy) is 1. The van der Waals surface area contributed by atoms with Crippen molar-refractivity contribution in [3.05, 3.63) is 58.4 Å². The smallest absolute Gasteiger partial charge is 0.340 e. The van der Waals surface area contributed by atoms with Crippen molar-refractivity contribution in [2.75, 3.05) is 6.61 Å². The normalized spacial score (nSPS) is 27.7. The second-order valence-electron chi connectivity index (χ2n) is 7.50. The van der Waals surface area contributed by atoms with Crippen molar-refractivity contribution in [3.8, 4) is 0 Å². The Hall–Kier alpha value is -2.44. The van der Waals surface area contributed by atoms with Crippen molar-refractivity contribution in [1.82, 2.24) is 9.47 Å². The number of rotatable bonds is 4. The summed E-state index contributed by atoms with van der Waals surface area (Å²) < 4.78 is 7.26. The fraction of sp³-hybridized carbons (Fsp3) is 0.429. The first-order chi connectivity index (χ1) is 13.1. The van der Waals surface area contributed by atoms with Crippen molar-refractivity contribution in [1.29, 1.82) is 0 Å². The van der Waals surface area contributed by atoms with E-state index in [-0.39, 0.29) is 18.4 Å². The lowest BCUT2D eigenvalue weighted by Gasteiger charge is -2.19. The minimum atomic E-state index is -0.782. The predicted molar refractivity (Wildman–Crippen MR) is 97.4 cm³/mol. The molecule has 6 nitrogen and oxygen atoms in total. The molecule has 2 unspecified atom stereocenters. The van der Waals surface area contributed by atoms with Crippen molar-refractivity contribution in [3.63, 3.8) is 0 Å². The average Bonchev–Trinajstić information content (AvgIpc) is 3.01. The molecule has 1 saturated heterocycles. The molecule has 0 bridgehead atoms. The zero-order valence-corrected chi connectivity index (χ0v) is 15.2. The average molecular weight is 366 g/mol. The Kier molecular flexibility index (Phi) is 3.74. The van der Waals surface area contributed by atoms with Crippen LogP contribution in [0.4, 0.5) is 0 Å². The van der Waals surface area contributed by atoms with Crippen molar-refractivity contribution < 1.29 is 19.4 Å². The van der Waals surface area contributed by atoms with Crippen LogP contribution < -0.4 is 0 Å². The van der Waals surface area contributed by atoms with Gasteiger partial charge >= 0.3 is 5.97 Å². The van der Waals surface area contributed by atoms with E-state index in [1.807, 2.05) is 22.8 Å². The van der Waals surface area contributed by atoms with Gasteiger partial charge in [-0.25, -0.2) is 4.79 Å². The van der Waals surface area contributed by atoms with Crippen LogP contribution in [0.15, 0.2) is 30.3 Å². The van der Waals surface area contributed by atoms with E-state index in [0.717, 1.165) is 12.2 Å². The van der Waals surface area contributed by atoms with Crippen LogP contribution in [0.5, 0.6) is 0 Å². The molecule has 3 aliphatic rings. The summed E-state index contributed by atoms with van der Waals surface area (Å²) in [5.74, 6) is -0.411. The lowest BCUT2D eigenvalue weighted by molar-refractivity contribution is 0.0516. The number of carbonyl (C=O) groups is 2. The fourth-order valence-electron chi connectivity index (χ4n) is 4.80. The van der Waals surface area contributed by atoms with Crippen LogP contribution in [0.3, 0.4) is 0 Å². The Morgan fingerprint density at radius 3 is 2.81 bits per heavy atom. The summed E-state index contributed by atoms with van der Waals surface area (Å²) in [6.45, 7) is 3.53. The van der Waals surface area contributed by atoms with E-state index in [4.69, 9.17) is 4.74 Å². The van der Waals surface area contributed by atoms with Crippen LogP contribution in [0.25, 0.3) is 0 Å². The summed E-state index contributed by atoms with van der Waals surface area (Å²) in [5, 5.41) is 10.5. The fourth-order valence-corrected chi connectivity index (χ4v) is 4.80. The molecule has 4 atom stereocenters. The Bertz CT molecular complexity index is 933. The summed E-state index contributed by atoms with van der Waals surface area (Å²) >= 11 is 0. The Morgan fingerprint density at radius 1 is 1.30 bits per heavy atom. The second kappa shape index (κ2) is 6.04. The Labute approximate surface area is 157 Å². The Balaban J connectivity index is 1.56. The van der Waals surface area contributed by atoms with Crippen molar-refractivity contribution >= 4 is 11.8 Å². The van der Waals surface area contributed by atoms with Crippen molar-refractivity contribution in [2.24, 2.45) is 0 Å². The van der Waals surface area contributed by atoms with Gasteiger partial charge in [-0.05, 0) is 18.9 Å². The molecule has 1 fully saturated rings. The van der Waals surface area contributed by atoms with E-state index in [1.54, 1.807) is 6.92 Å². The third kappa shape index (κ3) is 2.40. The molecule has 5 rings (SSSR count). The van der Waals surface area contributed by atoms with Gasteiger partial charge in [-0.1, -0.05) is 30.3 Å². The van der Waals surface area contributed by atoms with E-state index < -0.39 is 12.1 Å². The quantitative estimate of drug-likeness (QED) is 0.665. The lowest BCUT2D eigenvalue weighted by Crippen LogP contribution is -2.21. The number of ketones is 1. The standard InChI is InChI=1S/C21H22N2O4/c1-2-27-21(26)17-16-14(24)8-9-15(25)19(16)23-11-13-18(20(17)23)22(13)10-12-6-4-3-5-7-12/h3-7,13-14,18,24H,2,8-11H2,1H3/t13-,14?,18-,22?/m0/s1. The van der Waals surface area contributed by atoms with Crippen LogP contribution in [0.2, 0.25) is 0 Å². The first kappa shape index (κ1) is 16.7. The SMILES string of the molecule is CCOC(=O)c1c2c(n3c1[C@@H]1[C@H](C3)N1Cc1ccccc1)C(=O)CCC2O. The third-order valence-corrected chi connectivity index (χ3v) is 5.98. The van der Waals surface area contributed by atoms with Crippen LogP contribution in [-0.2, 0) is 17.8 Å². The van der Waals surface area contributed by atoms with Crippen LogP contribution >= 0.6 is 0 Å². The molecule has 1 aromatic carbocycles. The minimum absolute atomic E-state index is 0.0167. The van der Waals surface area contributed by atoms with Gasteiger partial charge in [0, 0.05) is 31.1 Å². The van der Waals surface area contributed by atoms with Crippen LogP contribution in [-0.4, -0.2) is 39.0 Å². The number of benzene rings is 1. The number of hydrogen-bond donors (Lipinski definition) is 1. The van der Waals surface area contributed by atoms with Gasteiger partial charge in [0.05, 0.1) is 35.7 Å². The molecule has 0 saturated carbocycles. The second-order valence-corrected chi connectivity index (χ2v) is 7.50. The van der Waals surface area contributed by atoms with Gasteiger partial charge in [0.25, 0.3) is 0 Å². The van der Waals surface area contributed by atoms with Crippen molar-refractivity contribution in [2.45, 2.75) is 51.0 Å². The summed E-state index contributed by atoms with van der Waals surface area (Å²) in [5.41, 5.74) is 3.52.